The second-order valence-electron chi connectivity index (χ2n) is 5.93. The Morgan fingerprint density at radius 3 is 2.58 bits per heavy atom. The van der Waals surface area contributed by atoms with E-state index in [4.69, 9.17) is 4.74 Å². The predicted molar refractivity (Wildman–Crippen MR) is 96.1 cm³/mol. The van der Waals surface area contributed by atoms with Gasteiger partial charge in [-0.1, -0.05) is 25.1 Å². The second kappa shape index (κ2) is 9.06. The third-order valence-corrected chi connectivity index (χ3v) is 4.04. The van der Waals surface area contributed by atoms with Crippen LogP contribution in [0.5, 0.6) is 5.75 Å². The Labute approximate surface area is 144 Å². The first-order valence-corrected chi connectivity index (χ1v) is 8.48. The van der Waals surface area contributed by atoms with Crippen LogP contribution in [-0.2, 0) is 11.2 Å². The van der Waals surface area contributed by atoms with Crippen LogP contribution in [0.1, 0.15) is 49.2 Å². The zero-order valence-corrected chi connectivity index (χ0v) is 14.7. The number of nitrogens with one attached hydrogen (secondary N) is 1. The van der Waals surface area contributed by atoms with Gasteiger partial charge in [0.1, 0.15) is 5.75 Å². The Bertz CT molecular complexity index is 653. The first-order chi connectivity index (χ1) is 11.6. The molecule has 0 spiro atoms. The van der Waals surface area contributed by atoms with E-state index in [1.54, 1.807) is 7.11 Å². The zero-order valence-electron chi connectivity index (χ0n) is 14.7. The summed E-state index contributed by atoms with van der Waals surface area (Å²) in [4.78, 5) is 16.7. The molecule has 2 aromatic rings. The third kappa shape index (κ3) is 5.37. The summed E-state index contributed by atoms with van der Waals surface area (Å²) in [6, 6.07) is 13.9. The van der Waals surface area contributed by atoms with Gasteiger partial charge in [0.15, 0.2) is 0 Å². The lowest BCUT2D eigenvalue weighted by atomic mass is 10.1. The molecule has 1 heterocycles. The van der Waals surface area contributed by atoms with Crippen LogP contribution in [0.3, 0.4) is 0 Å². The van der Waals surface area contributed by atoms with E-state index in [0.29, 0.717) is 6.42 Å². The number of hydrogen-bond acceptors (Lipinski definition) is 3. The average Bonchev–Trinajstić information content (AvgIpc) is 2.60. The van der Waals surface area contributed by atoms with Gasteiger partial charge >= 0.3 is 0 Å². The summed E-state index contributed by atoms with van der Waals surface area (Å²) in [6.07, 6.45) is 3.07. The summed E-state index contributed by atoms with van der Waals surface area (Å²) in [5.41, 5.74) is 3.12. The number of amides is 1. The minimum absolute atomic E-state index is 0.0154. The highest BCUT2D eigenvalue weighted by Crippen LogP contribution is 2.16. The van der Waals surface area contributed by atoms with Crippen LogP contribution in [0.2, 0.25) is 0 Å². The topological polar surface area (TPSA) is 51.2 Å². The Balaban J connectivity index is 1.81. The average molecular weight is 326 g/mol. The minimum Gasteiger partial charge on any atom is -0.497 e. The number of rotatable bonds is 8. The number of nitrogens with zero attached hydrogens (tertiary/aromatic N) is 1. The second-order valence-corrected chi connectivity index (χ2v) is 5.93. The molecule has 0 bridgehead atoms. The van der Waals surface area contributed by atoms with Gasteiger partial charge in [-0.2, -0.15) is 0 Å². The molecule has 2 rings (SSSR count). The molecule has 0 saturated carbocycles. The molecule has 0 aliphatic carbocycles. The molecule has 4 nitrogen and oxygen atoms in total. The summed E-state index contributed by atoms with van der Waals surface area (Å²) in [6.45, 7) is 4.03. The Kier molecular flexibility index (Phi) is 6.79. The summed E-state index contributed by atoms with van der Waals surface area (Å²) in [7, 11) is 1.66. The quantitative estimate of drug-likeness (QED) is 0.798. The molecule has 1 aromatic carbocycles. The van der Waals surface area contributed by atoms with Gasteiger partial charge in [0, 0.05) is 12.1 Å². The Hall–Kier alpha value is -2.36. The molecule has 0 fully saturated rings. The van der Waals surface area contributed by atoms with Crippen LogP contribution < -0.4 is 10.1 Å². The lowest BCUT2D eigenvalue weighted by Gasteiger charge is -2.17. The van der Waals surface area contributed by atoms with E-state index in [-0.39, 0.29) is 11.9 Å². The van der Waals surface area contributed by atoms with E-state index in [1.807, 2.05) is 49.4 Å². The number of methoxy groups -OCH3 is 1. The molecule has 0 saturated heterocycles. The Morgan fingerprint density at radius 1 is 1.21 bits per heavy atom. The molecule has 0 aliphatic heterocycles. The minimum atomic E-state index is -0.0154. The van der Waals surface area contributed by atoms with Crippen molar-refractivity contribution in [2.75, 3.05) is 7.11 Å². The first-order valence-electron chi connectivity index (χ1n) is 8.48. The number of pyridine rings is 1. The monoisotopic (exact) mass is 326 g/mol. The number of benzene rings is 1. The maximum absolute atomic E-state index is 12.2. The first kappa shape index (κ1) is 18.0. The number of ether oxygens (including phenoxy) is 1. The summed E-state index contributed by atoms with van der Waals surface area (Å²) in [5.74, 6) is 0.937. The van der Waals surface area contributed by atoms with E-state index in [0.717, 1.165) is 36.4 Å². The Morgan fingerprint density at radius 2 is 1.96 bits per heavy atom. The molecule has 1 atom stereocenters. The number of carbonyl (C=O) groups excluding carboxylic acids is 1. The van der Waals surface area contributed by atoms with Crippen molar-refractivity contribution >= 4 is 5.91 Å². The van der Waals surface area contributed by atoms with Crippen molar-refractivity contribution in [1.82, 2.24) is 10.3 Å². The van der Waals surface area contributed by atoms with E-state index in [9.17, 15) is 4.79 Å². The molecule has 1 amide bonds. The highest BCUT2D eigenvalue weighted by atomic mass is 16.5. The molecule has 4 heteroatoms. The molecule has 0 aliphatic rings. The maximum Gasteiger partial charge on any atom is 0.220 e. The van der Waals surface area contributed by atoms with E-state index >= 15 is 0 Å². The highest BCUT2D eigenvalue weighted by Gasteiger charge is 2.13. The summed E-state index contributed by atoms with van der Waals surface area (Å²) in [5, 5.41) is 3.09. The molecular weight excluding hydrogens is 300 g/mol. The van der Waals surface area contributed by atoms with Crippen molar-refractivity contribution in [2.45, 2.75) is 45.6 Å². The van der Waals surface area contributed by atoms with Crippen molar-refractivity contribution in [3.05, 3.63) is 59.4 Å². The normalized spacial score (nSPS) is 11.8. The van der Waals surface area contributed by atoms with Crippen LogP contribution in [0.15, 0.2) is 42.5 Å². The van der Waals surface area contributed by atoms with Crippen molar-refractivity contribution in [3.8, 4) is 5.75 Å². The maximum atomic E-state index is 12.2. The SMILES string of the molecule is CC[C@H](NC(=O)CCCc1ccc(OC)cc1)c1cccc(C)n1. The standard InChI is InChI=1S/C20H26N2O2/c1-4-18(19-9-5-7-15(2)21-19)22-20(23)10-6-8-16-11-13-17(24-3)14-12-16/h5,7,9,11-14,18H,4,6,8,10H2,1-3H3,(H,22,23)/t18-/m0/s1. The molecular formula is C20H26N2O2. The smallest absolute Gasteiger partial charge is 0.220 e. The number of aryl methyl sites for hydroxylation is 2. The summed E-state index contributed by atoms with van der Waals surface area (Å²) >= 11 is 0. The van der Waals surface area contributed by atoms with Crippen molar-refractivity contribution in [3.63, 3.8) is 0 Å². The van der Waals surface area contributed by atoms with Crippen LogP contribution in [-0.4, -0.2) is 18.0 Å². The van der Waals surface area contributed by atoms with E-state index in [2.05, 4.69) is 17.2 Å². The molecule has 1 N–H and O–H groups in total. The number of aromatic nitrogens is 1. The van der Waals surface area contributed by atoms with Crippen LogP contribution in [0.4, 0.5) is 0 Å². The third-order valence-electron chi connectivity index (χ3n) is 4.04. The van der Waals surface area contributed by atoms with Gasteiger partial charge in [-0.25, -0.2) is 0 Å². The van der Waals surface area contributed by atoms with Crippen molar-refractivity contribution in [2.24, 2.45) is 0 Å². The molecule has 0 radical (unpaired) electrons. The van der Waals surface area contributed by atoms with Gasteiger partial charge in [0.2, 0.25) is 5.91 Å². The summed E-state index contributed by atoms with van der Waals surface area (Å²) < 4.78 is 5.15. The molecule has 24 heavy (non-hydrogen) atoms. The lowest BCUT2D eigenvalue weighted by molar-refractivity contribution is -0.122. The van der Waals surface area contributed by atoms with Crippen molar-refractivity contribution in [1.29, 1.82) is 0 Å². The van der Waals surface area contributed by atoms with Gasteiger partial charge in [-0.3, -0.25) is 9.78 Å². The predicted octanol–water partition coefficient (Wildman–Crippen LogP) is 3.99. The number of carbonyl (C=O) groups is 1. The van der Waals surface area contributed by atoms with Crippen LogP contribution >= 0.6 is 0 Å². The van der Waals surface area contributed by atoms with Gasteiger partial charge in [0.25, 0.3) is 0 Å². The van der Waals surface area contributed by atoms with Gasteiger partial charge in [-0.05, 0) is 56.0 Å². The molecule has 0 unspecified atom stereocenters. The van der Waals surface area contributed by atoms with Crippen LogP contribution in [0, 0.1) is 6.92 Å². The fourth-order valence-electron chi connectivity index (χ4n) is 2.66. The van der Waals surface area contributed by atoms with Crippen molar-refractivity contribution < 1.29 is 9.53 Å². The zero-order chi connectivity index (χ0) is 17.4. The van der Waals surface area contributed by atoms with Crippen LogP contribution in [0.25, 0.3) is 0 Å². The highest BCUT2D eigenvalue weighted by molar-refractivity contribution is 5.76. The molecule has 128 valence electrons. The lowest BCUT2D eigenvalue weighted by Crippen LogP contribution is -2.28. The van der Waals surface area contributed by atoms with E-state index in [1.165, 1.54) is 5.56 Å². The van der Waals surface area contributed by atoms with Gasteiger partial charge in [-0.15, -0.1) is 0 Å². The van der Waals surface area contributed by atoms with Gasteiger partial charge < -0.3 is 10.1 Å². The fraction of sp³-hybridized carbons (Fsp3) is 0.400. The van der Waals surface area contributed by atoms with E-state index < -0.39 is 0 Å². The fourth-order valence-corrected chi connectivity index (χ4v) is 2.66. The number of hydrogen-bond donors (Lipinski definition) is 1. The molecule has 1 aromatic heterocycles. The van der Waals surface area contributed by atoms with Gasteiger partial charge in [0.05, 0.1) is 18.8 Å². The largest absolute Gasteiger partial charge is 0.497 e.